The van der Waals surface area contributed by atoms with Crippen LogP contribution in [0.4, 0.5) is 4.39 Å². The van der Waals surface area contributed by atoms with Gasteiger partial charge in [-0.05, 0) is 49.5 Å². The van der Waals surface area contributed by atoms with Gasteiger partial charge in [-0.1, -0.05) is 18.2 Å². The lowest BCUT2D eigenvalue weighted by molar-refractivity contribution is 0.0934. The molecule has 3 rings (SSSR count). The molecule has 0 radical (unpaired) electrons. The SMILES string of the molecule is O=C(NC[C@H](c1cccs1)N1CCCC1)c1ccccc1F. The Morgan fingerprint density at radius 3 is 2.68 bits per heavy atom. The molecule has 0 bridgehead atoms. The first-order valence-electron chi connectivity index (χ1n) is 7.56. The van der Waals surface area contributed by atoms with Crippen molar-refractivity contribution in [2.24, 2.45) is 0 Å². The fourth-order valence-corrected chi connectivity index (χ4v) is 3.73. The van der Waals surface area contributed by atoms with E-state index in [-0.39, 0.29) is 17.5 Å². The molecule has 3 nitrogen and oxygen atoms in total. The Bertz CT molecular complexity index is 623. The average molecular weight is 318 g/mol. The molecule has 1 fully saturated rings. The summed E-state index contributed by atoms with van der Waals surface area (Å²) in [5.74, 6) is -0.826. The van der Waals surface area contributed by atoms with E-state index in [1.54, 1.807) is 23.5 Å². The van der Waals surface area contributed by atoms with Crippen LogP contribution in [0.1, 0.15) is 34.1 Å². The number of carbonyl (C=O) groups excluding carboxylic acids is 1. The quantitative estimate of drug-likeness (QED) is 0.916. The first kappa shape index (κ1) is 15.2. The molecular weight excluding hydrogens is 299 g/mol. The lowest BCUT2D eigenvalue weighted by atomic mass is 10.1. The van der Waals surface area contributed by atoms with Gasteiger partial charge in [0.15, 0.2) is 0 Å². The third-order valence-electron chi connectivity index (χ3n) is 4.03. The Balaban J connectivity index is 1.69. The van der Waals surface area contributed by atoms with E-state index in [9.17, 15) is 9.18 Å². The molecule has 0 aliphatic carbocycles. The highest BCUT2D eigenvalue weighted by molar-refractivity contribution is 7.10. The average Bonchev–Trinajstić information content (AvgIpc) is 3.21. The highest BCUT2D eigenvalue weighted by atomic mass is 32.1. The van der Waals surface area contributed by atoms with E-state index in [4.69, 9.17) is 0 Å². The molecule has 1 N–H and O–H groups in total. The van der Waals surface area contributed by atoms with Crippen molar-refractivity contribution in [3.63, 3.8) is 0 Å². The minimum atomic E-state index is -0.478. The summed E-state index contributed by atoms with van der Waals surface area (Å²) in [4.78, 5) is 15.8. The number of hydrogen-bond donors (Lipinski definition) is 1. The van der Waals surface area contributed by atoms with Crippen LogP contribution in [-0.2, 0) is 0 Å². The second kappa shape index (κ2) is 7.03. The summed E-state index contributed by atoms with van der Waals surface area (Å²) in [6, 6.07) is 10.4. The van der Waals surface area contributed by atoms with Crippen LogP contribution in [-0.4, -0.2) is 30.4 Å². The Morgan fingerprint density at radius 2 is 2.00 bits per heavy atom. The summed E-state index contributed by atoms with van der Waals surface area (Å²) >= 11 is 1.70. The molecular formula is C17H19FN2OS. The number of benzene rings is 1. The Hall–Kier alpha value is -1.72. The van der Waals surface area contributed by atoms with Gasteiger partial charge in [0.2, 0.25) is 0 Å². The number of nitrogens with one attached hydrogen (secondary N) is 1. The highest BCUT2D eigenvalue weighted by Gasteiger charge is 2.25. The van der Waals surface area contributed by atoms with E-state index in [0.29, 0.717) is 6.54 Å². The molecule has 0 spiro atoms. The summed E-state index contributed by atoms with van der Waals surface area (Å²) in [5.41, 5.74) is 0.105. The predicted molar refractivity (Wildman–Crippen MR) is 86.6 cm³/mol. The van der Waals surface area contributed by atoms with E-state index >= 15 is 0 Å². The van der Waals surface area contributed by atoms with Gasteiger partial charge in [-0.2, -0.15) is 0 Å². The van der Waals surface area contributed by atoms with Gasteiger partial charge in [0.25, 0.3) is 5.91 Å². The first-order chi connectivity index (χ1) is 10.8. The van der Waals surface area contributed by atoms with Crippen molar-refractivity contribution in [1.29, 1.82) is 0 Å². The van der Waals surface area contributed by atoms with Crippen LogP contribution >= 0.6 is 11.3 Å². The summed E-state index contributed by atoms with van der Waals surface area (Å²) in [5, 5.41) is 4.94. The predicted octanol–water partition coefficient (Wildman–Crippen LogP) is 3.45. The third kappa shape index (κ3) is 3.36. The molecule has 1 aliphatic rings. The van der Waals surface area contributed by atoms with E-state index < -0.39 is 5.82 Å². The smallest absolute Gasteiger partial charge is 0.254 e. The Labute approximate surface area is 133 Å². The summed E-state index contributed by atoms with van der Waals surface area (Å²) in [6.07, 6.45) is 2.40. The molecule has 1 aliphatic heterocycles. The van der Waals surface area contributed by atoms with E-state index in [1.807, 2.05) is 6.07 Å². The Kier molecular flexibility index (Phi) is 4.85. The highest BCUT2D eigenvalue weighted by Crippen LogP contribution is 2.27. The van der Waals surface area contributed by atoms with Crippen molar-refractivity contribution in [3.8, 4) is 0 Å². The fourth-order valence-electron chi connectivity index (χ4n) is 2.87. The van der Waals surface area contributed by atoms with E-state index in [0.717, 1.165) is 13.1 Å². The molecule has 1 aromatic heterocycles. The summed E-state index contributed by atoms with van der Waals surface area (Å²) < 4.78 is 13.7. The van der Waals surface area contributed by atoms with Crippen molar-refractivity contribution in [2.45, 2.75) is 18.9 Å². The van der Waals surface area contributed by atoms with E-state index in [1.165, 1.54) is 29.9 Å². The Morgan fingerprint density at radius 1 is 1.23 bits per heavy atom. The summed E-state index contributed by atoms with van der Waals surface area (Å²) in [6.45, 7) is 2.62. The lowest BCUT2D eigenvalue weighted by Gasteiger charge is -2.27. The van der Waals surface area contributed by atoms with Crippen LogP contribution in [0, 0.1) is 5.82 Å². The van der Waals surface area contributed by atoms with Gasteiger partial charge in [0.1, 0.15) is 5.82 Å². The minimum absolute atomic E-state index is 0.105. The zero-order chi connectivity index (χ0) is 15.4. The monoisotopic (exact) mass is 318 g/mol. The molecule has 5 heteroatoms. The molecule has 22 heavy (non-hydrogen) atoms. The number of halogens is 1. The van der Waals surface area contributed by atoms with Gasteiger partial charge in [0, 0.05) is 11.4 Å². The van der Waals surface area contributed by atoms with Crippen molar-refractivity contribution in [1.82, 2.24) is 10.2 Å². The fraction of sp³-hybridized carbons (Fsp3) is 0.353. The maximum atomic E-state index is 13.7. The number of rotatable bonds is 5. The maximum absolute atomic E-state index is 13.7. The minimum Gasteiger partial charge on any atom is -0.350 e. The topological polar surface area (TPSA) is 32.3 Å². The van der Waals surface area contributed by atoms with Gasteiger partial charge in [-0.3, -0.25) is 9.69 Å². The van der Waals surface area contributed by atoms with Gasteiger partial charge in [0.05, 0.1) is 11.6 Å². The van der Waals surface area contributed by atoms with E-state index in [2.05, 4.69) is 21.7 Å². The molecule has 2 heterocycles. The van der Waals surface area contributed by atoms with Crippen molar-refractivity contribution >= 4 is 17.2 Å². The molecule has 1 saturated heterocycles. The summed E-state index contributed by atoms with van der Waals surface area (Å²) in [7, 11) is 0. The first-order valence-corrected chi connectivity index (χ1v) is 8.44. The lowest BCUT2D eigenvalue weighted by Crippen LogP contribution is -2.36. The molecule has 116 valence electrons. The molecule has 0 unspecified atom stereocenters. The normalized spacial score (nSPS) is 16.6. The third-order valence-corrected chi connectivity index (χ3v) is 5.00. The van der Waals surface area contributed by atoms with Gasteiger partial charge in [-0.25, -0.2) is 4.39 Å². The van der Waals surface area contributed by atoms with Crippen molar-refractivity contribution in [2.75, 3.05) is 19.6 Å². The molecule has 1 amide bonds. The number of thiophene rings is 1. The van der Waals surface area contributed by atoms with Crippen LogP contribution < -0.4 is 5.32 Å². The molecule has 1 aromatic carbocycles. The zero-order valence-electron chi connectivity index (χ0n) is 12.3. The largest absolute Gasteiger partial charge is 0.350 e. The van der Waals surface area contributed by atoms with Crippen LogP contribution in [0.3, 0.4) is 0 Å². The van der Waals surface area contributed by atoms with Crippen molar-refractivity contribution in [3.05, 3.63) is 58.0 Å². The van der Waals surface area contributed by atoms with Crippen LogP contribution in [0.2, 0.25) is 0 Å². The molecule has 0 saturated carbocycles. The van der Waals surface area contributed by atoms with Gasteiger partial charge in [-0.15, -0.1) is 11.3 Å². The number of likely N-dealkylation sites (tertiary alicyclic amines) is 1. The second-order valence-electron chi connectivity index (χ2n) is 5.46. The number of nitrogens with zero attached hydrogens (tertiary/aromatic N) is 1. The second-order valence-corrected chi connectivity index (χ2v) is 6.44. The molecule has 2 aromatic rings. The zero-order valence-corrected chi connectivity index (χ0v) is 13.1. The standard InChI is InChI=1S/C17H19FN2OS/c18-14-7-2-1-6-13(14)17(21)19-12-15(16-8-5-11-22-16)20-9-3-4-10-20/h1-2,5-8,11,15H,3-4,9-10,12H2,(H,19,21)/t15-/m1/s1. The number of amides is 1. The maximum Gasteiger partial charge on any atom is 0.254 e. The van der Waals surface area contributed by atoms with Gasteiger partial charge >= 0.3 is 0 Å². The molecule has 1 atom stereocenters. The number of carbonyl (C=O) groups is 1. The van der Waals surface area contributed by atoms with Crippen LogP contribution in [0.15, 0.2) is 41.8 Å². The van der Waals surface area contributed by atoms with Gasteiger partial charge < -0.3 is 5.32 Å². The van der Waals surface area contributed by atoms with Crippen LogP contribution in [0.25, 0.3) is 0 Å². The number of hydrogen-bond acceptors (Lipinski definition) is 3. The van der Waals surface area contributed by atoms with Crippen molar-refractivity contribution < 1.29 is 9.18 Å². The van der Waals surface area contributed by atoms with Crippen LogP contribution in [0.5, 0.6) is 0 Å².